The highest BCUT2D eigenvalue weighted by atomic mass is 16.2. The van der Waals surface area contributed by atoms with Gasteiger partial charge < -0.3 is 15.5 Å². The van der Waals surface area contributed by atoms with Crippen LogP contribution in [0.1, 0.15) is 33.1 Å². The fraction of sp³-hybridized carbons (Fsp3) is 0.833. The van der Waals surface area contributed by atoms with Crippen molar-refractivity contribution in [2.45, 2.75) is 39.2 Å². The van der Waals surface area contributed by atoms with Crippen LogP contribution in [0.25, 0.3) is 0 Å². The van der Waals surface area contributed by atoms with Crippen molar-refractivity contribution >= 4 is 11.8 Å². The molecule has 5 nitrogen and oxygen atoms in total. The molecule has 1 unspecified atom stereocenters. The van der Waals surface area contributed by atoms with E-state index in [1.165, 1.54) is 0 Å². The van der Waals surface area contributed by atoms with Crippen molar-refractivity contribution in [2.24, 2.45) is 0 Å². The van der Waals surface area contributed by atoms with Crippen LogP contribution in [0.15, 0.2) is 0 Å². The van der Waals surface area contributed by atoms with Crippen molar-refractivity contribution in [3.8, 4) is 0 Å². The van der Waals surface area contributed by atoms with E-state index < -0.39 is 0 Å². The zero-order valence-electron chi connectivity index (χ0n) is 10.8. The Labute approximate surface area is 103 Å². The average Bonchev–Trinajstić information content (AvgIpc) is 2.36. The Kier molecular flexibility index (Phi) is 5.97. The number of piperazine rings is 1. The molecule has 0 bridgehead atoms. The van der Waals surface area contributed by atoms with Crippen molar-refractivity contribution in [2.75, 3.05) is 26.2 Å². The first kappa shape index (κ1) is 14.0. The Morgan fingerprint density at radius 2 is 1.94 bits per heavy atom. The normalized spacial score (nSPS) is 17.6. The fourth-order valence-corrected chi connectivity index (χ4v) is 1.74. The fourth-order valence-electron chi connectivity index (χ4n) is 1.74. The smallest absolute Gasteiger partial charge is 0.223 e. The Balaban J connectivity index is 2.20. The van der Waals surface area contributed by atoms with Crippen molar-refractivity contribution < 1.29 is 9.59 Å². The highest BCUT2D eigenvalue weighted by molar-refractivity contribution is 5.83. The molecule has 0 saturated carbocycles. The summed E-state index contributed by atoms with van der Waals surface area (Å²) in [5.41, 5.74) is 0. The second-order valence-electron chi connectivity index (χ2n) is 4.51. The summed E-state index contributed by atoms with van der Waals surface area (Å²) in [4.78, 5) is 25.1. The summed E-state index contributed by atoms with van der Waals surface area (Å²) in [6.45, 7) is 7.21. The first-order chi connectivity index (χ1) is 8.13. The lowest BCUT2D eigenvalue weighted by Crippen LogP contribution is -2.46. The molecule has 0 aliphatic carbocycles. The molecule has 1 rings (SSSR count). The summed E-state index contributed by atoms with van der Waals surface area (Å²) >= 11 is 0. The van der Waals surface area contributed by atoms with Crippen molar-refractivity contribution in [1.29, 1.82) is 0 Å². The zero-order chi connectivity index (χ0) is 12.7. The second kappa shape index (κ2) is 7.27. The Hall–Kier alpha value is -1.10. The van der Waals surface area contributed by atoms with Crippen LogP contribution in [-0.4, -0.2) is 48.9 Å². The number of rotatable bonds is 5. The summed E-state index contributed by atoms with van der Waals surface area (Å²) in [6.07, 6.45) is 1.53. The van der Waals surface area contributed by atoms with Crippen LogP contribution in [0.3, 0.4) is 0 Å². The minimum Gasteiger partial charge on any atom is -0.354 e. The van der Waals surface area contributed by atoms with E-state index in [2.05, 4.69) is 10.6 Å². The van der Waals surface area contributed by atoms with E-state index >= 15 is 0 Å². The third kappa shape index (κ3) is 5.17. The van der Waals surface area contributed by atoms with Crippen LogP contribution in [-0.2, 0) is 9.59 Å². The Morgan fingerprint density at radius 3 is 2.53 bits per heavy atom. The van der Waals surface area contributed by atoms with Crippen molar-refractivity contribution in [3.63, 3.8) is 0 Å². The SMILES string of the molecule is CCC(C)NC(=O)CCC(=O)N1CCNCC1. The largest absolute Gasteiger partial charge is 0.354 e. The zero-order valence-corrected chi connectivity index (χ0v) is 10.8. The molecule has 1 saturated heterocycles. The van der Waals surface area contributed by atoms with Crippen LogP contribution < -0.4 is 10.6 Å². The summed E-state index contributed by atoms with van der Waals surface area (Å²) in [6, 6.07) is 0.191. The minimum absolute atomic E-state index is 0.0252. The van der Waals surface area contributed by atoms with Gasteiger partial charge in [-0.05, 0) is 13.3 Å². The molecule has 0 aromatic carbocycles. The maximum absolute atomic E-state index is 11.8. The summed E-state index contributed by atoms with van der Waals surface area (Å²) in [5, 5.41) is 6.06. The lowest BCUT2D eigenvalue weighted by Gasteiger charge is -2.27. The van der Waals surface area contributed by atoms with E-state index in [1.807, 2.05) is 18.7 Å². The highest BCUT2D eigenvalue weighted by Crippen LogP contribution is 2.00. The lowest BCUT2D eigenvalue weighted by atomic mass is 10.2. The Bertz CT molecular complexity index is 262. The van der Waals surface area contributed by atoms with E-state index in [0.717, 1.165) is 32.6 Å². The standard InChI is InChI=1S/C12H23N3O2/c1-3-10(2)14-11(16)4-5-12(17)15-8-6-13-7-9-15/h10,13H,3-9H2,1-2H3,(H,14,16). The summed E-state index contributed by atoms with van der Waals surface area (Å²) < 4.78 is 0. The number of carbonyl (C=O) groups excluding carboxylic acids is 2. The van der Waals surface area contributed by atoms with Gasteiger partial charge >= 0.3 is 0 Å². The van der Waals surface area contributed by atoms with E-state index in [4.69, 9.17) is 0 Å². The minimum atomic E-state index is -0.0252. The van der Waals surface area contributed by atoms with E-state index in [-0.39, 0.29) is 17.9 Å². The topological polar surface area (TPSA) is 61.4 Å². The van der Waals surface area contributed by atoms with Crippen molar-refractivity contribution in [3.05, 3.63) is 0 Å². The molecule has 0 radical (unpaired) electrons. The van der Waals surface area contributed by atoms with Gasteiger partial charge in [0.1, 0.15) is 0 Å². The molecule has 1 atom stereocenters. The predicted octanol–water partition coefficient (Wildman–Crippen LogP) is 0.113. The van der Waals surface area contributed by atoms with Gasteiger partial charge in [0.2, 0.25) is 11.8 Å². The van der Waals surface area contributed by atoms with Gasteiger partial charge in [0.15, 0.2) is 0 Å². The second-order valence-corrected chi connectivity index (χ2v) is 4.51. The van der Waals surface area contributed by atoms with Gasteiger partial charge in [-0.1, -0.05) is 6.92 Å². The number of hydrogen-bond acceptors (Lipinski definition) is 3. The van der Waals surface area contributed by atoms with Gasteiger partial charge in [-0.2, -0.15) is 0 Å². The molecule has 1 heterocycles. The number of carbonyl (C=O) groups is 2. The van der Waals surface area contributed by atoms with Gasteiger partial charge in [0.25, 0.3) is 0 Å². The van der Waals surface area contributed by atoms with Crippen LogP contribution in [0, 0.1) is 0 Å². The molecule has 1 aliphatic heterocycles. The van der Waals surface area contributed by atoms with E-state index in [9.17, 15) is 9.59 Å². The number of amides is 2. The first-order valence-electron chi connectivity index (χ1n) is 6.41. The average molecular weight is 241 g/mol. The molecule has 1 fully saturated rings. The maximum atomic E-state index is 11.8. The molecule has 0 spiro atoms. The third-order valence-electron chi connectivity index (χ3n) is 3.06. The van der Waals surface area contributed by atoms with Gasteiger partial charge in [-0.25, -0.2) is 0 Å². The first-order valence-corrected chi connectivity index (χ1v) is 6.41. The number of nitrogens with one attached hydrogen (secondary N) is 2. The number of nitrogens with zero attached hydrogens (tertiary/aromatic N) is 1. The molecule has 2 amide bonds. The third-order valence-corrected chi connectivity index (χ3v) is 3.06. The molecular formula is C12H23N3O2. The Morgan fingerprint density at radius 1 is 1.29 bits per heavy atom. The summed E-state index contributed by atoms with van der Waals surface area (Å²) in [7, 11) is 0. The molecule has 0 aromatic rings. The van der Waals surface area contributed by atoms with Crippen LogP contribution in [0.2, 0.25) is 0 Å². The summed E-state index contributed by atoms with van der Waals surface area (Å²) in [5.74, 6) is 0.0636. The van der Waals surface area contributed by atoms with Crippen LogP contribution >= 0.6 is 0 Å². The maximum Gasteiger partial charge on any atom is 0.223 e. The molecule has 5 heteroatoms. The van der Waals surface area contributed by atoms with Gasteiger partial charge in [-0.15, -0.1) is 0 Å². The molecule has 1 aliphatic rings. The number of hydrogen-bond donors (Lipinski definition) is 2. The molecule has 2 N–H and O–H groups in total. The van der Waals surface area contributed by atoms with Crippen LogP contribution in [0.4, 0.5) is 0 Å². The van der Waals surface area contributed by atoms with E-state index in [0.29, 0.717) is 12.8 Å². The highest BCUT2D eigenvalue weighted by Gasteiger charge is 2.17. The molecule has 17 heavy (non-hydrogen) atoms. The van der Waals surface area contributed by atoms with Gasteiger partial charge in [0, 0.05) is 45.1 Å². The molecular weight excluding hydrogens is 218 g/mol. The predicted molar refractivity (Wildman–Crippen MR) is 66.6 cm³/mol. The quantitative estimate of drug-likeness (QED) is 0.718. The van der Waals surface area contributed by atoms with E-state index in [1.54, 1.807) is 0 Å². The van der Waals surface area contributed by atoms with Gasteiger partial charge in [-0.3, -0.25) is 9.59 Å². The van der Waals surface area contributed by atoms with Crippen molar-refractivity contribution in [1.82, 2.24) is 15.5 Å². The lowest BCUT2D eigenvalue weighted by molar-refractivity contribution is -0.134. The van der Waals surface area contributed by atoms with Crippen LogP contribution in [0.5, 0.6) is 0 Å². The monoisotopic (exact) mass is 241 g/mol. The molecule has 0 aromatic heterocycles. The molecule has 98 valence electrons. The van der Waals surface area contributed by atoms with Gasteiger partial charge in [0.05, 0.1) is 0 Å².